The maximum atomic E-state index is 14.7. The summed E-state index contributed by atoms with van der Waals surface area (Å²) < 4.78 is 40.7. The highest BCUT2D eigenvalue weighted by molar-refractivity contribution is 6.34. The first-order valence-corrected chi connectivity index (χ1v) is 13.0. The maximum absolute atomic E-state index is 14.7. The highest BCUT2D eigenvalue weighted by atomic mass is 35.5. The quantitative estimate of drug-likeness (QED) is 0.199. The molecule has 11 nitrogen and oxygen atoms in total. The molecule has 0 fully saturated rings. The van der Waals surface area contributed by atoms with Crippen LogP contribution in [0.25, 0.3) is 11.3 Å². The predicted octanol–water partition coefficient (Wildman–Crippen LogP) is 4.67. The summed E-state index contributed by atoms with van der Waals surface area (Å²) >= 11 is 6.27. The van der Waals surface area contributed by atoms with E-state index in [0.29, 0.717) is 31.4 Å². The molecule has 3 rings (SSSR count). The molecule has 2 amide bonds. The molecule has 0 saturated carbocycles. The molecule has 0 aliphatic heterocycles. The second kappa shape index (κ2) is 16.7. The number of hydrogen-bond acceptors (Lipinski definition) is 7. The smallest absolute Gasteiger partial charge is 0.291 e. The molecule has 0 aliphatic rings. The molecule has 3 aromatic rings. The molecule has 0 unspecified atom stereocenters. The van der Waals surface area contributed by atoms with Crippen LogP contribution >= 0.6 is 11.6 Å². The molecule has 0 atom stereocenters. The van der Waals surface area contributed by atoms with Crippen LogP contribution in [0.15, 0.2) is 36.5 Å². The number of aromatic nitrogens is 2. The summed E-state index contributed by atoms with van der Waals surface area (Å²) in [6.45, 7) is 4.85. The zero-order valence-corrected chi connectivity index (χ0v) is 23.9. The number of halogens is 3. The summed E-state index contributed by atoms with van der Waals surface area (Å²) in [5.74, 6) is -3.41. The van der Waals surface area contributed by atoms with Gasteiger partial charge in [-0.2, -0.15) is 9.65 Å². The number of carbonyl (C=O) groups excluding carboxylic acids is 2. The van der Waals surface area contributed by atoms with Crippen molar-refractivity contribution in [3.63, 3.8) is 0 Å². The second-order valence-corrected chi connectivity index (χ2v) is 9.42. The number of nitriles is 1. The van der Waals surface area contributed by atoms with E-state index in [1.54, 1.807) is 6.07 Å². The highest BCUT2D eigenvalue weighted by Gasteiger charge is 2.22. The number of ether oxygens (including phenoxy) is 2. The fourth-order valence-corrected chi connectivity index (χ4v) is 3.81. The molecule has 42 heavy (non-hydrogen) atoms. The Hall–Kier alpha value is -4.54. The van der Waals surface area contributed by atoms with Gasteiger partial charge < -0.3 is 29.8 Å². The Morgan fingerprint density at radius 1 is 1.19 bits per heavy atom. The number of anilines is 1. The van der Waals surface area contributed by atoms with Gasteiger partial charge in [0, 0.05) is 31.5 Å². The van der Waals surface area contributed by atoms with Crippen molar-refractivity contribution in [1.82, 2.24) is 14.9 Å². The Morgan fingerprint density at radius 2 is 1.90 bits per heavy atom. The van der Waals surface area contributed by atoms with Gasteiger partial charge in [-0.15, -0.1) is 0 Å². The Morgan fingerprint density at radius 3 is 2.55 bits per heavy atom. The third-order valence-electron chi connectivity index (χ3n) is 5.65. The van der Waals surface area contributed by atoms with Crippen molar-refractivity contribution in [1.29, 1.82) is 5.26 Å². The summed E-state index contributed by atoms with van der Waals surface area (Å²) in [6.07, 6.45) is 2.17. The molecule has 0 bridgehead atoms. The van der Waals surface area contributed by atoms with Crippen LogP contribution in [0.1, 0.15) is 41.2 Å². The van der Waals surface area contributed by atoms with Crippen molar-refractivity contribution in [2.45, 2.75) is 20.3 Å². The number of imidazole rings is 1. The van der Waals surface area contributed by atoms with Gasteiger partial charge in [0.15, 0.2) is 24.0 Å². The monoisotopic (exact) mass is 605 g/mol. The number of hydrogen-bond donors (Lipinski definition) is 3. The van der Waals surface area contributed by atoms with E-state index in [2.05, 4.69) is 29.5 Å². The molecule has 0 radical (unpaired) electrons. The molecule has 1 aromatic heterocycles. The number of benzene rings is 2. The predicted molar refractivity (Wildman–Crippen MR) is 150 cm³/mol. The molecule has 0 aliphatic carbocycles. The molecule has 14 heteroatoms. The molecule has 3 N–H and O–H groups in total. The van der Waals surface area contributed by atoms with Crippen LogP contribution in [0.5, 0.6) is 5.75 Å². The van der Waals surface area contributed by atoms with E-state index in [4.69, 9.17) is 36.2 Å². The molecule has 224 valence electrons. The van der Waals surface area contributed by atoms with Crippen LogP contribution in [-0.2, 0) is 16.6 Å². The van der Waals surface area contributed by atoms with Crippen molar-refractivity contribution in [2.75, 3.05) is 31.7 Å². The van der Waals surface area contributed by atoms with Crippen LogP contribution < -0.4 is 15.4 Å². The van der Waals surface area contributed by atoms with Crippen molar-refractivity contribution in [3.05, 3.63) is 64.6 Å². The summed E-state index contributed by atoms with van der Waals surface area (Å²) in [6, 6.07) is 8.55. The number of amides is 2. The minimum Gasteiger partial charge on any atom is -0.483 e. The SMILES string of the molecule is CC(C)CCOCCNC(=O)c1ccc(NC(=O)c2ncc(-c3ccc(OCC#N)c(F)c3F)n2C)cc1Cl.O=CO. The standard InChI is InChI=1S/C27H28ClF2N5O4.CH2O2/c1-16(2)8-11-38-13-10-32-26(36)18-5-4-17(14-20(18)28)34-27(37)25-33-15-21(35(25)3)19-6-7-22(39-12-9-31)24(30)23(19)29;2-1-3/h4-7,14-16H,8,10-13H2,1-3H3,(H,32,36)(H,34,37);1H,(H,2,3). The lowest BCUT2D eigenvalue weighted by molar-refractivity contribution is -0.122. The summed E-state index contributed by atoms with van der Waals surface area (Å²) in [5, 5.41) is 20.9. The number of carbonyl (C=O) groups is 3. The largest absolute Gasteiger partial charge is 0.483 e. The minimum atomic E-state index is -1.26. The van der Waals surface area contributed by atoms with Gasteiger partial charge in [0.25, 0.3) is 18.3 Å². The summed E-state index contributed by atoms with van der Waals surface area (Å²) in [4.78, 5) is 37.7. The van der Waals surface area contributed by atoms with Crippen LogP contribution in [0.2, 0.25) is 5.02 Å². The van der Waals surface area contributed by atoms with E-state index >= 15 is 0 Å². The van der Waals surface area contributed by atoms with E-state index < -0.39 is 29.9 Å². The normalized spacial score (nSPS) is 10.3. The van der Waals surface area contributed by atoms with Crippen LogP contribution in [-0.4, -0.2) is 59.3 Å². The van der Waals surface area contributed by atoms with E-state index in [1.165, 1.54) is 48.1 Å². The molecule has 0 spiro atoms. The lowest BCUT2D eigenvalue weighted by Gasteiger charge is -2.11. The van der Waals surface area contributed by atoms with E-state index in [-0.39, 0.29) is 40.0 Å². The number of carboxylic acid groups (broad SMARTS) is 1. The third kappa shape index (κ3) is 9.25. The Bertz CT molecular complexity index is 1440. The van der Waals surface area contributed by atoms with Gasteiger partial charge in [-0.05, 0) is 42.7 Å². The first-order chi connectivity index (χ1) is 20.0. The maximum Gasteiger partial charge on any atom is 0.291 e. The molecule has 1 heterocycles. The lowest BCUT2D eigenvalue weighted by Crippen LogP contribution is -2.27. The fourth-order valence-electron chi connectivity index (χ4n) is 3.54. The topological polar surface area (TPSA) is 156 Å². The first-order valence-electron chi connectivity index (χ1n) is 12.6. The van der Waals surface area contributed by atoms with E-state index in [9.17, 15) is 18.4 Å². The van der Waals surface area contributed by atoms with E-state index in [1.807, 2.05) is 0 Å². The summed E-state index contributed by atoms with van der Waals surface area (Å²) in [5.41, 5.74) is 0.534. The van der Waals surface area contributed by atoms with Gasteiger partial charge in [0.05, 0.1) is 29.1 Å². The average Bonchev–Trinajstić information content (AvgIpc) is 3.32. The zero-order chi connectivity index (χ0) is 31.2. The van der Waals surface area contributed by atoms with Crippen molar-refractivity contribution < 1.29 is 37.7 Å². The van der Waals surface area contributed by atoms with Crippen LogP contribution in [0, 0.1) is 28.9 Å². The van der Waals surface area contributed by atoms with Gasteiger partial charge in [0.1, 0.15) is 6.07 Å². The Labute approximate surface area is 246 Å². The van der Waals surface area contributed by atoms with Gasteiger partial charge in [-0.25, -0.2) is 9.37 Å². The second-order valence-electron chi connectivity index (χ2n) is 9.02. The highest BCUT2D eigenvalue weighted by Crippen LogP contribution is 2.30. The average molecular weight is 606 g/mol. The third-order valence-corrected chi connectivity index (χ3v) is 5.96. The van der Waals surface area contributed by atoms with Crippen LogP contribution in [0.3, 0.4) is 0 Å². The molecule has 2 aromatic carbocycles. The Balaban J connectivity index is 0.00000197. The van der Waals surface area contributed by atoms with Gasteiger partial charge in [0.2, 0.25) is 5.82 Å². The van der Waals surface area contributed by atoms with Gasteiger partial charge in [-0.1, -0.05) is 25.4 Å². The van der Waals surface area contributed by atoms with E-state index in [0.717, 1.165) is 6.42 Å². The Kier molecular flexibility index (Phi) is 13.4. The van der Waals surface area contributed by atoms with Crippen molar-refractivity contribution in [3.8, 4) is 23.1 Å². The molecular weight excluding hydrogens is 576 g/mol. The lowest BCUT2D eigenvalue weighted by atomic mass is 10.1. The fraction of sp³-hybridized carbons (Fsp3) is 0.321. The first kappa shape index (κ1) is 33.7. The summed E-state index contributed by atoms with van der Waals surface area (Å²) in [7, 11) is 1.47. The number of nitrogens with zero attached hydrogens (tertiary/aromatic N) is 3. The van der Waals surface area contributed by atoms with Crippen molar-refractivity contribution in [2.24, 2.45) is 13.0 Å². The number of rotatable bonds is 12. The minimum absolute atomic E-state index is 0.0787. The van der Waals surface area contributed by atoms with Crippen LogP contribution in [0.4, 0.5) is 14.5 Å². The van der Waals surface area contributed by atoms with Crippen molar-refractivity contribution >= 4 is 35.6 Å². The van der Waals surface area contributed by atoms with Gasteiger partial charge in [-0.3, -0.25) is 14.4 Å². The molecular formula is C28H30ClF2N5O6. The number of nitrogens with one attached hydrogen (secondary N) is 2. The molecule has 0 saturated heterocycles. The zero-order valence-electron chi connectivity index (χ0n) is 23.1. The van der Waals surface area contributed by atoms with Gasteiger partial charge >= 0.3 is 0 Å².